The molecule has 1 atom stereocenters. The molecule has 2 aromatic rings. The maximum Gasteiger partial charge on any atom is 0.414 e. The predicted molar refractivity (Wildman–Crippen MR) is 80.1 cm³/mol. The molecule has 1 amide bonds. The molecule has 5 nitrogen and oxygen atoms in total. The van der Waals surface area contributed by atoms with E-state index in [2.05, 4.69) is 0 Å². The first kappa shape index (κ1) is 16.6. The van der Waals surface area contributed by atoms with Crippen molar-refractivity contribution in [3.05, 3.63) is 30.0 Å². The van der Waals surface area contributed by atoms with Crippen LogP contribution in [0.3, 0.4) is 0 Å². The molecule has 0 aliphatic carbocycles. The number of ether oxygens (including phenoxy) is 2. The molecule has 0 spiro atoms. The van der Waals surface area contributed by atoms with Crippen molar-refractivity contribution < 1.29 is 31.9 Å². The standard InChI is InChI=1S/C16H16F3NO4/c1-22-9-13-8-20(15(21)24-13)11-2-3-14-10(6-11)7-12(23-14)4-5-16(17,18)19/h2-3,6-7,13H,4-5,8-9H2,1H3. The molecule has 0 radical (unpaired) electrons. The van der Waals surface area contributed by atoms with Gasteiger partial charge in [-0.15, -0.1) is 0 Å². The highest BCUT2D eigenvalue weighted by Gasteiger charge is 2.32. The Kier molecular flexibility index (Phi) is 4.40. The van der Waals surface area contributed by atoms with Crippen LogP contribution in [0.25, 0.3) is 11.0 Å². The number of amides is 1. The summed E-state index contributed by atoms with van der Waals surface area (Å²) >= 11 is 0. The zero-order valence-corrected chi connectivity index (χ0v) is 12.9. The number of carbonyl (C=O) groups is 1. The molecule has 1 saturated heterocycles. The second kappa shape index (κ2) is 6.35. The van der Waals surface area contributed by atoms with E-state index in [0.29, 0.717) is 29.8 Å². The molecule has 0 bridgehead atoms. The summed E-state index contributed by atoms with van der Waals surface area (Å²) in [5.74, 6) is 0.265. The number of carbonyl (C=O) groups excluding carboxylic acids is 1. The van der Waals surface area contributed by atoms with Crippen LogP contribution in [0.1, 0.15) is 12.2 Å². The van der Waals surface area contributed by atoms with Crippen LogP contribution in [0, 0.1) is 0 Å². The van der Waals surface area contributed by atoms with Gasteiger partial charge in [-0.05, 0) is 24.3 Å². The average molecular weight is 343 g/mol. The minimum absolute atomic E-state index is 0.213. The van der Waals surface area contributed by atoms with Crippen LogP contribution < -0.4 is 4.90 Å². The number of rotatable bonds is 5. The Bertz CT molecular complexity index is 740. The molecule has 1 aliphatic rings. The van der Waals surface area contributed by atoms with Crippen molar-refractivity contribution in [2.45, 2.75) is 25.1 Å². The van der Waals surface area contributed by atoms with Crippen molar-refractivity contribution in [3.63, 3.8) is 0 Å². The largest absolute Gasteiger partial charge is 0.461 e. The number of fused-ring (bicyclic) bond motifs is 1. The van der Waals surface area contributed by atoms with Crippen molar-refractivity contribution in [3.8, 4) is 0 Å². The third-order valence-electron chi connectivity index (χ3n) is 3.74. The van der Waals surface area contributed by atoms with Crippen molar-refractivity contribution in [2.24, 2.45) is 0 Å². The lowest BCUT2D eigenvalue weighted by Gasteiger charge is -2.12. The molecule has 3 rings (SSSR count). The Balaban J connectivity index is 1.77. The molecule has 24 heavy (non-hydrogen) atoms. The van der Waals surface area contributed by atoms with Gasteiger partial charge in [0.1, 0.15) is 17.4 Å². The van der Waals surface area contributed by atoms with E-state index >= 15 is 0 Å². The summed E-state index contributed by atoms with van der Waals surface area (Å²) in [6, 6.07) is 6.58. The number of cyclic esters (lactones) is 1. The van der Waals surface area contributed by atoms with Crippen LogP contribution in [0.4, 0.5) is 23.7 Å². The van der Waals surface area contributed by atoms with Gasteiger partial charge in [0.15, 0.2) is 0 Å². The Labute approximate surface area is 135 Å². The molecule has 1 fully saturated rings. The maximum atomic E-state index is 12.3. The monoisotopic (exact) mass is 343 g/mol. The molecular formula is C16H16F3NO4. The van der Waals surface area contributed by atoms with Gasteiger partial charge in [0, 0.05) is 24.6 Å². The first-order valence-electron chi connectivity index (χ1n) is 7.42. The fraction of sp³-hybridized carbons (Fsp3) is 0.438. The van der Waals surface area contributed by atoms with E-state index in [4.69, 9.17) is 13.9 Å². The minimum atomic E-state index is -4.22. The number of aryl methyl sites for hydroxylation is 1. The molecule has 1 unspecified atom stereocenters. The van der Waals surface area contributed by atoms with Crippen LogP contribution in [-0.2, 0) is 15.9 Å². The topological polar surface area (TPSA) is 51.9 Å². The molecule has 130 valence electrons. The smallest absolute Gasteiger partial charge is 0.414 e. The van der Waals surface area contributed by atoms with Gasteiger partial charge >= 0.3 is 12.3 Å². The Morgan fingerprint density at radius 1 is 1.33 bits per heavy atom. The number of methoxy groups -OCH3 is 1. The van der Waals surface area contributed by atoms with E-state index in [-0.39, 0.29) is 18.3 Å². The number of nitrogens with zero attached hydrogens (tertiary/aromatic N) is 1. The van der Waals surface area contributed by atoms with Gasteiger partial charge in [0.05, 0.1) is 19.6 Å². The van der Waals surface area contributed by atoms with Gasteiger partial charge in [-0.25, -0.2) is 4.79 Å². The van der Waals surface area contributed by atoms with Crippen molar-refractivity contribution in [1.29, 1.82) is 0 Å². The molecule has 0 saturated carbocycles. The lowest BCUT2D eigenvalue weighted by molar-refractivity contribution is -0.134. The van der Waals surface area contributed by atoms with Crippen molar-refractivity contribution >= 4 is 22.7 Å². The Morgan fingerprint density at radius 3 is 2.83 bits per heavy atom. The number of hydrogen-bond donors (Lipinski definition) is 0. The van der Waals surface area contributed by atoms with Crippen LogP contribution in [-0.4, -0.2) is 38.6 Å². The lowest BCUT2D eigenvalue weighted by atomic mass is 10.2. The Morgan fingerprint density at radius 2 is 2.12 bits per heavy atom. The second-order valence-corrected chi connectivity index (χ2v) is 5.62. The van der Waals surface area contributed by atoms with Crippen molar-refractivity contribution in [2.75, 3.05) is 25.2 Å². The number of halogens is 3. The fourth-order valence-corrected chi connectivity index (χ4v) is 2.65. The van der Waals surface area contributed by atoms with Crippen LogP contribution in [0.5, 0.6) is 0 Å². The molecule has 1 aromatic heterocycles. The van der Waals surface area contributed by atoms with Gasteiger partial charge in [-0.3, -0.25) is 4.90 Å². The minimum Gasteiger partial charge on any atom is -0.461 e. The third-order valence-corrected chi connectivity index (χ3v) is 3.74. The van der Waals surface area contributed by atoms with E-state index in [0.717, 1.165) is 0 Å². The number of hydrogen-bond acceptors (Lipinski definition) is 4. The Hall–Kier alpha value is -2.22. The number of alkyl halides is 3. The quantitative estimate of drug-likeness (QED) is 0.826. The number of anilines is 1. The van der Waals surface area contributed by atoms with Crippen LogP contribution in [0.15, 0.2) is 28.7 Å². The average Bonchev–Trinajstić information content (AvgIpc) is 3.07. The third kappa shape index (κ3) is 3.64. The highest BCUT2D eigenvalue weighted by atomic mass is 19.4. The molecule has 1 aliphatic heterocycles. The summed E-state index contributed by atoms with van der Waals surface area (Å²) in [5.41, 5.74) is 1.09. The zero-order valence-electron chi connectivity index (χ0n) is 12.9. The zero-order chi connectivity index (χ0) is 17.3. The fourth-order valence-electron chi connectivity index (χ4n) is 2.65. The van der Waals surface area contributed by atoms with Crippen LogP contribution >= 0.6 is 0 Å². The maximum absolute atomic E-state index is 12.3. The van der Waals surface area contributed by atoms with E-state index in [1.54, 1.807) is 24.3 Å². The summed E-state index contributed by atoms with van der Waals surface area (Å²) in [6.45, 7) is 0.661. The van der Waals surface area contributed by atoms with Gasteiger partial charge in [0.2, 0.25) is 0 Å². The molecular weight excluding hydrogens is 327 g/mol. The lowest BCUT2D eigenvalue weighted by Crippen LogP contribution is -2.25. The van der Waals surface area contributed by atoms with E-state index in [1.807, 2.05) is 0 Å². The van der Waals surface area contributed by atoms with E-state index < -0.39 is 18.7 Å². The van der Waals surface area contributed by atoms with Crippen LogP contribution in [0.2, 0.25) is 0 Å². The predicted octanol–water partition coefficient (Wildman–Crippen LogP) is 3.90. The summed E-state index contributed by atoms with van der Waals surface area (Å²) in [4.78, 5) is 13.4. The summed E-state index contributed by atoms with van der Waals surface area (Å²) < 4.78 is 52.5. The number of furan rings is 1. The second-order valence-electron chi connectivity index (χ2n) is 5.62. The van der Waals surface area contributed by atoms with Gasteiger partial charge < -0.3 is 13.9 Å². The number of benzene rings is 1. The summed E-state index contributed by atoms with van der Waals surface area (Å²) in [7, 11) is 1.52. The van der Waals surface area contributed by atoms with Gasteiger partial charge in [-0.1, -0.05) is 0 Å². The van der Waals surface area contributed by atoms with E-state index in [9.17, 15) is 18.0 Å². The van der Waals surface area contributed by atoms with Crippen molar-refractivity contribution in [1.82, 2.24) is 0 Å². The normalized spacial score (nSPS) is 18.4. The molecule has 8 heteroatoms. The van der Waals surface area contributed by atoms with Gasteiger partial charge in [-0.2, -0.15) is 13.2 Å². The molecule has 2 heterocycles. The van der Waals surface area contributed by atoms with E-state index in [1.165, 1.54) is 12.0 Å². The van der Waals surface area contributed by atoms with Gasteiger partial charge in [0.25, 0.3) is 0 Å². The first-order valence-corrected chi connectivity index (χ1v) is 7.42. The first-order chi connectivity index (χ1) is 11.4. The SMILES string of the molecule is COCC1CN(c2ccc3oc(CCC(F)(F)F)cc3c2)C(=O)O1. The summed E-state index contributed by atoms with van der Waals surface area (Å²) in [6.07, 6.45) is -6.19. The highest BCUT2D eigenvalue weighted by molar-refractivity contribution is 5.93. The highest BCUT2D eigenvalue weighted by Crippen LogP contribution is 2.30. The molecule has 1 aromatic carbocycles. The molecule has 0 N–H and O–H groups in total. The summed E-state index contributed by atoms with van der Waals surface area (Å²) in [5, 5.41) is 0.646.